The van der Waals surface area contributed by atoms with Gasteiger partial charge in [-0.1, -0.05) is 30.3 Å². The average Bonchev–Trinajstić information content (AvgIpc) is 3.19. The number of nitrogens with zero attached hydrogens (tertiary/aromatic N) is 2. The Labute approximate surface area is 179 Å². The zero-order chi connectivity index (χ0) is 22.5. The van der Waals surface area contributed by atoms with Crippen LogP contribution in [0.25, 0.3) is 0 Å². The van der Waals surface area contributed by atoms with Crippen molar-refractivity contribution < 1.29 is 32.6 Å². The third kappa shape index (κ3) is 6.33. The predicted octanol–water partition coefficient (Wildman–Crippen LogP) is 2.72. The molecule has 4 rings (SSSR count). The van der Waals surface area contributed by atoms with Gasteiger partial charge in [0, 0.05) is 45.3 Å². The molecule has 1 spiro atoms. The monoisotopic (exact) mass is 443 g/mol. The van der Waals surface area contributed by atoms with E-state index in [1.807, 2.05) is 35.2 Å². The van der Waals surface area contributed by atoms with Crippen LogP contribution in [0.1, 0.15) is 24.8 Å². The van der Waals surface area contributed by atoms with Crippen molar-refractivity contribution in [2.75, 3.05) is 39.3 Å². The highest BCUT2D eigenvalue weighted by atomic mass is 19.4. The van der Waals surface area contributed by atoms with E-state index < -0.39 is 12.1 Å². The number of carbonyl (C=O) groups is 2. The minimum Gasteiger partial charge on any atom is -0.475 e. The molecule has 1 saturated carbocycles. The molecule has 1 aliphatic carbocycles. The van der Waals surface area contributed by atoms with Crippen LogP contribution in [0.5, 0.6) is 0 Å². The molecule has 0 bridgehead atoms. The fraction of sp³-hybridized carbons (Fsp3) is 0.619. The van der Waals surface area contributed by atoms with E-state index in [1.165, 1.54) is 32.4 Å². The maximum absolute atomic E-state index is 12.2. The quantitative estimate of drug-likeness (QED) is 0.748. The normalized spacial score (nSPS) is 22.9. The first kappa shape index (κ1) is 23.3. The lowest BCUT2D eigenvalue weighted by Crippen LogP contribution is -2.54. The molecular weight excluding hydrogens is 415 g/mol. The molecule has 1 amide bonds. The van der Waals surface area contributed by atoms with Crippen molar-refractivity contribution in [3.8, 4) is 0 Å². The van der Waals surface area contributed by atoms with Gasteiger partial charge in [0.15, 0.2) is 0 Å². The van der Waals surface area contributed by atoms with Gasteiger partial charge in [-0.25, -0.2) is 9.59 Å². The molecule has 0 radical (unpaired) electrons. The molecule has 1 aromatic carbocycles. The molecule has 31 heavy (non-hydrogen) atoms. The second-order valence-corrected chi connectivity index (χ2v) is 8.37. The molecule has 1 unspecified atom stereocenters. The van der Waals surface area contributed by atoms with Crippen molar-refractivity contribution in [1.82, 2.24) is 15.1 Å². The molecule has 1 atom stereocenters. The van der Waals surface area contributed by atoms with Gasteiger partial charge in [-0.3, -0.25) is 4.90 Å². The standard InChI is InChI=1S/C19H27N3O2.C2HF3O2/c23-18(24-13-16-4-2-1-3-5-16)22-10-8-21(9-11-22)17-6-7-19(12-17)14-20-15-19;3-2(4,5)1(6)7/h1-5,17,20H,6-15H2;(H,6,7). The van der Waals surface area contributed by atoms with E-state index >= 15 is 0 Å². The molecule has 2 aliphatic heterocycles. The number of amides is 1. The second kappa shape index (κ2) is 9.86. The summed E-state index contributed by atoms with van der Waals surface area (Å²) in [4.78, 5) is 25.6. The van der Waals surface area contributed by atoms with E-state index in [-0.39, 0.29) is 6.09 Å². The number of rotatable bonds is 3. The van der Waals surface area contributed by atoms with E-state index in [0.29, 0.717) is 12.0 Å². The molecule has 1 aromatic rings. The average molecular weight is 443 g/mol. The maximum atomic E-state index is 12.2. The summed E-state index contributed by atoms with van der Waals surface area (Å²) in [6, 6.07) is 10.6. The Balaban J connectivity index is 0.000000339. The van der Waals surface area contributed by atoms with E-state index in [9.17, 15) is 18.0 Å². The largest absolute Gasteiger partial charge is 0.490 e. The zero-order valence-corrected chi connectivity index (χ0v) is 17.2. The molecule has 10 heteroatoms. The van der Waals surface area contributed by atoms with Crippen molar-refractivity contribution in [2.24, 2.45) is 5.41 Å². The number of carboxylic acid groups (broad SMARTS) is 1. The number of hydrogen-bond donors (Lipinski definition) is 2. The van der Waals surface area contributed by atoms with Crippen molar-refractivity contribution >= 4 is 12.1 Å². The zero-order valence-electron chi connectivity index (χ0n) is 17.2. The van der Waals surface area contributed by atoms with E-state index in [2.05, 4.69) is 10.2 Å². The first-order chi connectivity index (χ1) is 14.7. The number of piperazine rings is 1. The third-order valence-corrected chi connectivity index (χ3v) is 6.21. The minimum atomic E-state index is -5.08. The number of aliphatic carboxylic acids is 1. The Morgan fingerprint density at radius 3 is 2.23 bits per heavy atom. The Hall–Kier alpha value is -2.33. The van der Waals surface area contributed by atoms with Crippen LogP contribution in [0.15, 0.2) is 30.3 Å². The van der Waals surface area contributed by atoms with Gasteiger partial charge in [0.2, 0.25) is 0 Å². The van der Waals surface area contributed by atoms with Crippen LogP contribution in [-0.2, 0) is 16.1 Å². The van der Waals surface area contributed by atoms with Crippen LogP contribution in [-0.4, -0.2) is 78.5 Å². The number of hydrogen-bond acceptors (Lipinski definition) is 5. The molecule has 7 nitrogen and oxygen atoms in total. The smallest absolute Gasteiger partial charge is 0.475 e. The van der Waals surface area contributed by atoms with Crippen LogP contribution < -0.4 is 5.32 Å². The summed E-state index contributed by atoms with van der Waals surface area (Å²) in [6.07, 6.45) is -1.24. The summed E-state index contributed by atoms with van der Waals surface area (Å²) >= 11 is 0. The number of ether oxygens (including phenoxy) is 1. The number of alkyl halides is 3. The molecule has 172 valence electrons. The summed E-state index contributed by atoms with van der Waals surface area (Å²) in [5.41, 5.74) is 1.63. The summed E-state index contributed by atoms with van der Waals surface area (Å²) in [5, 5.41) is 10.6. The molecule has 0 aromatic heterocycles. The van der Waals surface area contributed by atoms with Gasteiger partial charge in [0.05, 0.1) is 0 Å². The summed E-state index contributed by atoms with van der Waals surface area (Å²) in [7, 11) is 0. The number of halogens is 3. The molecular formula is C21H28F3N3O4. The van der Waals surface area contributed by atoms with Gasteiger partial charge in [-0.2, -0.15) is 13.2 Å². The number of benzene rings is 1. The summed E-state index contributed by atoms with van der Waals surface area (Å²) < 4.78 is 37.2. The highest BCUT2D eigenvalue weighted by molar-refractivity contribution is 5.73. The predicted molar refractivity (Wildman–Crippen MR) is 106 cm³/mol. The van der Waals surface area contributed by atoms with E-state index in [0.717, 1.165) is 37.8 Å². The fourth-order valence-electron chi connectivity index (χ4n) is 4.37. The first-order valence-electron chi connectivity index (χ1n) is 10.4. The second-order valence-electron chi connectivity index (χ2n) is 8.37. The first-order valence-corrected chi connectivity index (χ1v) is 10.4. The van der Waals surface area contributed by atoms with Crippen LogP contribution in [0, 0.1) is 5.41 Å². The highest BCUT2D eigenvalue weighted by Crippen LogP contribution is 2.43. The topological polar surface area (TPSA) is 82.1 Å². The Bertz CT molecular complexity index is 748. The Kier molecular flexibility index (Phi) is 7.42. The van der Waals surface area contributed by atoms with Crippen molar-refractivity contribution in [1.29, 1.82) is 0 Å². The third-order valence-electron chi connectivity index (χ3n) is 6.21. The molecule has 3 fully saturated rings. The van der Waals surface area contributed by atoms with Gasteiger partial charge in [0.1, 0.15) is 6.61 Å². The van der Waals surface area contributed by atoms with Crippen molar-refractivity contribution in [2.45, 2.75) is 38.1 Å². The lowest BCUT2D eigenvalue weighted by molar-refractivity contribution is -0.192. The van der Waals surface area contributed by atoms with Crippen molar-refractivity contribution in [3.63, 3.8) is 0 Å². The van der Waals surface area contributed by atoms with Gasteiger partial charge in [0.25, 0.3) is 0 Å². The Morgan fingerprint density at radius 1 is 1.13 bits per heavy atom. The van der Waals surface area contributed by atoms with Gasteiger partial charge >= 0.3 is 18.2 Å². The summed E-state index contributed by atoms with van der Waals surface area (Å²) in [5.74, 6) is -2.76. The highest BCUT2D eigenvalue weighted by Gasteiger charge is 2.45. The minimum absolute atomic E-state index is 0.176. The van der Waals surface area contributed by atoms with Crippen LogP contribution in [0.4, 0.5) is 18.0 Å². The van der Waals surface area contributed by atoms with Gasteiger partial charge in [-0.05, 0) is 30.2 Å². The Morgan fingerprint density at radius 2 is 1.74 bits per heavy atom. The van der Waals surface area contributed by atoms with Crippen molar-refractivity contribution in [3.05, 3.63) is 35.9 Å². The van der Waals surface area contributed by atoms with Crippen LogP contribution in [0.3, 0.4) is 0 Å². The van der Waals surface area contributed by atoms with Gasteiger partial charge in [-0.15, -0.1) is 0 Å². The van der Waals surface area contributed by atoms with Crippen LogP contribution >= 0.6 is 0 Å². The summed E-state index contributed by atoms with van der Waals surface area (Å²) in [6.45, 7) is 6.30. The van der Waals surface area contributed by atoms with Gasteiger partial charge < -0.3 is 20.1 Å². The van der Waals surface area contributed by atoms with E-state index in [4.69, 9.17) is 14.6 Å². The molecule has 2 N–H and O–H groups in total. The lowest BCUT2D eigenvalue weighted by Gasteiger charge is -2.42. The molecule has 2 heterocycles. The number of carboxylic acids is 1. The SMILES string of the molecule is O=C(O)C(F)(F)F.O=C(OCc1ccccc1)N1CCN(C2CCC3(CNC3)C2)CC1. The van der Waals surface area contributed by atoms with E-state index in [1.54, 1.807) is 0 Å². The number of nitrogens with one attached hydrogen (secondary N) is 1. The fourth-order valence-corrected chi connectivity index (χ4v) is 4.37. The molecule has 2 saturated heterocycles. The number of carbonyl (C=O) groups excluding carboxylic acids is 1. The molecule has 3 aliphatic rings. The lowest BCUT2D eigenvalue weighted by atomic mass is 9.80. The van der Waals surface area contributed by atoms with Crippen LogP contribution in [0.2, 0.25) is 0 Å². The maximum Gasteiger partial charge on any atom is 0.490 e.